The van der Waals surface area contributed by atoms with Crippen molar-refractivity contribution in [3.05, 3.63) is 47.4 Å². The number of halogens is 1. The summed E-state index contributed by atoms with van der Waals surface area (Å²) in [5.74, 6) is 1.12. The van der Waals surface area contributed by atoms with E-state index in [0.29, 0.717) is 12.5 Å². The van der Waals surface area contributed by atoms with Crippen LogP contribution in [0.2, 0.25) is 5.15 Å². The van der Waals surface area contributed by atoms with Crippen LogP contribution < -0.4 is 9.47 Å². The van der Waals surface area contributed by atoms with Crippen LogP contribution in [0.5, 0.6) is 11.6 Å². The highest BCUT2D eigenvalue weighted by Crippen LogP contribution is 2.19. The van der Waals surface area contributed by atoms with Crippen molar-refractivity contribution in [2.24, 2.45) is 0 Å². The molecule has 4 nitrogen and oxygen atoms in total. The summed E-state index contributed by atoms with van der Waals surface area (Å²) in [4.78, 5) is 7.87. The summed E-state index contributed by atoms with van der Waals surface area (Å²) in [6.45, 7) is 0.371. The maximum absolute atomic E-state index is 5.83. The molecule has 1 heterocycles. The largest absolute Gasteiger partial charge is 0.497 e. The molecule has 0 amide bonds. The lowest BCUT2D eigenvalue weighted by molar-refractivity contribution is 0.292. The van der Waals surface area contributed by atoms with E-state index < -0.39 is 0 Å². The van der Waals surface area contributed by atoms with Gasteiger partial charge in [0.05, 0.1) is 7.11 Å². The molecular weight excluding hydrogens is 240 g/mol. The van der Waals surface area contributed by atoms with E-state index in [-0.39, 0.29) is 5.15 Å². The van der Waals surface area contributed by atoms with Gasteiger partial charge in [-0.1, -0.05) is 23.7 Å². The highest BCUT2D eigenvalue weighted by Gasteiger charge is 2.03. The molecule has 0 saturated carbocycles. The summed E-state index contributed by atoms with van der Waals surface area (Å²) in [5, 5.41) is 0.260. The molecular formula is C12H11ClN2O2. The molecule has 0 N–H and O–H groups in total. The summed E-state index contributed by atoms with van der Waals surface area (Å²) < 4.78 is 10.6. The van der Waals surface area contributed by atoms with Gasteiger partial charge in [-0.2, -0.15) is 0 Å². The van der Waals surface area contributed by atoms with E-state index in [1.165, 1.54) is 12.4 Å². The third-order valence-electron chi connectivity index (χ3n) is 2.13. The average Bonchev–Trinajstić information content (AvgIpc) is 2.38. The minimum atomic E-state index is 0.260. The van der Waals surface area contributed by atoms with Crippen molar-refractivity contribution in [2.75, 3.05) is 7.11 Å². The van der Waals surface area contributed by atoms with Gasteiger partial charge in [0, 0.05) is 12.4 Å². The Morgan fingerprint density at radius 3 is 2.82 bits per heavy atom. The Labute approximate surface area is 104 Å². The Hall–Kier alpha value is -1.81. The quantitative estimate of drug-likeness (QED) is 0.837. The number of methoxy groups -OCH3 is 1. The average molecular weight is 251 g/mol. The maximum Gasteiger partial charge on any atom is 0.252 e. The fourth-order valence-electron chi connectivity index (χ4n) is 1.32. The third kappa shape index (κ3) is 3.07. The molecule has 2 rings (SSSR count). The monoisotopic (exact) mass is 250 g/mol. The second kappa shape index (κ2) is 5.50. The second-order valence-corrected chi connectivity index (χ2v) is 3.65. The Morgan fingerprint density at radius 2 is 2.06 bits per heavy atom. The molecule has 17 heavy (non-hydrogen) atoms. The number of benzene rings is 1. The van der Waals surface area contributed by atoms with Crippen LogP contribution in [0.3, 0.4) is 0 Å². The molecule has 0 aliphatic carbocycles. The molecule has 2 aromatic rings. The van der Waals surface area contributed by atoms with Crippen LogP contribution in [0.4, 0.5) is 0 Å². The molecule has 0 saturated heterocycles. The van der Waals surface area contributed by atoms with Crippen LogP contribution >= 0.6 is 11.6 Å². The standard InChI is InChI=1S/C12H11ClN2O2/c1-16-10-4-2-3-9(7-10)8-17-12-11(13)14-5-6-15-12/h2-7H,8H2,1H3. The zero-order valence-corrected chi connectivity index (χ0v) is 10.0. The van der Waals surface area contributed by atoms with Gasteiger partial charge >= 0.3 is 0 Å². The van der Waals surface area contributed by atoms with E-state index in [4.69, 9.17) is 21.1 Å². The van der Waals surface area contributed by atoms with Crippen molar-refractivity contribution < 1.29 is 9.47 Å². The van der Waals surface area contributed by atoms with Crippen molar-refractivity contribution in [3.63, 3.8) is 0 Å². The molecule has 88 valence electrons. The van der Waals surface area contributed by atoms with E-state index in [2.05, 4.69) is 9.97 Å². The minimum absolute atomic E-state index is 0.260. The molecule has 0 aliphatic rings. The Morgan fingerprint density at radius 1 is 1.24 bits per heavy atom. The molecule has 0 atom stereocenters. The van der Waals surface area contributed by atoms with Crippen LogP contribution in [-0.2, 0) is 6.61 Å². The smallest absolute Gasteiger partial charge is 0.252 e. The minimum Gasteiger partial charge on any atom is -0.497 e. The fraction of sp³-hybridized carbons (Fsp3) is 0.167. The summed E-state index contributed by atoms with van der Waals surface area (Å²) in [7, 11) is 1.62. The molecule has 5 heteroatoms. The predicted molar refractivity (Wildman–Crippen MR) is 64.4 cm³/mol. The molecule has 1 aromatic heterocycles. The van der Waals surface area contributed by atoms with Crippen LogP contribution in [0.1, 0.15) is 5.56 Å². The number of ether oxygens (including phenoxy) is 2. The molecule has 0 aliphatic heterocycles. The van der Waals surface area contributed by atoms with Crippen LogP contribution in [0.25, 0.3) is 0 Å². The third-order valence-corrected chi connectivity index (χ3v) is 2.39. The van der Waals surface area contributed by atoms with E-state index in [0.717, 1.165) is 11.3 Å². The van der Waals surface area contributed by atoms with Crippen molar-refractivity contribution in [1.82, 2.24) is 9.97 Å². The second-order valence-electron chi connectivity index (χ2n) is 3.29. The zero-order valence-electron chi connectivity index (χ0n) is 9.26. The summed E-state index contributed by atoms with van der Waals surface area (Å²) in [6.07, 6.45) is 3.05. The SMILES string of the molecule is COc1cccc(COc2nccnc2Cl)c1. The van der Waals surface area contributed by atoms with E-state index in [1.807, 2.05) is 24.3 Å². The highest BCUT2D eigenvalue weighted by molar-refractivity contribution is 6.30. The number of hydrogen-bond acceptors (Lipinski definition) is 4. The van der Waals surface area contributed by atoms with Crippen LogP contribution in [0.15, 0.2) is 36.7 Å². The molecule has 0 unspecified atom stereocenters. The summed E-state index contributed by atoms with van der Waals surface area (Å²) >= 11 is 5.83. The lowest BCUT2D eigenvalue weighted by Gasteiger charge is -2.07. The molecule has 0 bridgehead atoms. The number of nitrogens with zero attached hydrogens (tertiary/aromatic N) is 2. The molecule has 1 aromatic carbocycles. The Balaban J connectivity index is 2.05. The zero-order chi connectivity index (χ0) is 12.1. The van der Waals surface area contributed by atoms with Crippen LogP contribution in [0, 0.1) is 0 Å². The molecule has 0 radical (unpaired) electrons. The predicted octanol–water partition coefficient (Wildman–Crippen LogP) is 2.72. The molecule has 0 spiro atoms. The van der Waals surface area contributed by atoms with Gasteiger partial charge in [-0.15, -0.1) is 0 Å². The van der Waals surface area contributed by atoms with Crippen molar-refractivity contribution in [3.8, 4) is 11.6 Å². The maximum atomic E-state index is 5.83. The number of rotatable bonds is 4. The van der Waals surface area contributed by atoms with Gasteiger partial charge in [-0.3, -0.25) is 0 Å². The topological polar surface area (TPSA) is 44.2 Å². The Bertz CT molecular complexity index is 505. The van der Waals surface area contributed by atoms with E-state index in [1.54, 1.807) is 7.11 Å². The van der Waals surface area contributed by atoms with E-state index >= 15 is 0 Å². The molecule has 0 fully saturated rings. The summed E-state index contributed by atoms with van der Waals surface area (Å²) in [6, 6.07) is 7.60. The van der Waals surface area contributed by atoms with Gasteiger partial charge in [-0.25, -0.2) is 9.97 Å². The van der Waals surface area contributed by atoms with Gasteiger partial charge in [-0.05, 0) is 17.7 Å². The highest BCUT2D eigenvalue weighted by atomic mass is 35.5. The Kier molecular flexibility index (Phi) is 3.77. The van der Waals surface area contributed by atoms with Gasteiger partial charge in [0.15, 0.2) is 5.15 Å². The van der Waals surface area contributed by atoms with Gasteiger partial charge in [0.1, 0.15) is 12.4 Å². The number of hydrogen-bond donors (Lipinski definition) is 0. The van der Waals surface area contributed by atoms with E-state index in [9.17, 15) is 0 Å². The first-order valence-electron chi connectivity index (χ1n) is 5.02. The first-order valence-corrected chi connectivity index (χ1v) is 5.39. The summed E-state index contributed by atoms with van der Waals surface area (Å²) in [5.41, 5.74) is 0.978. The van der Waals surface area contributed by atoms with Gasteiger partial charge < -0.3 is 9.47 Å². The first-order chi connectivity index (χ1) is 8.29. The van der Waals surface area contributed by atoms with Crippen molar-refractivity contribution in [2.45, 2.75) is 6.61 Å². The number of aromatic nitrogens is 2. The lowest BCUT2D eigenvalue weighted by Crippen LogP contribution is -1.98. The van der Waals surface area contributed by atoms with Gasteiger partial charge in [0.2, 0.25) is 0 Å². The normalized spacial score (nSPS) is 10.0. The lowest BCUT2D eigenvalue weighted by atomic mass is 10.2. The van der Waals surface area contributed by atoms with Crippen molar-refractivity contribution >= 4 is 11.6 Å². The van der Waals surface area contributed by atoms with Crippen LogP contribution in [-0.4, -0.2) is 17.1 Å². The fourth-order valence-corrected chi connectivity index (χ4v) is 1.48. The van der Waals surface area contributed by atoms with Crippen molar-refractivity contribution in [1.29, 1.82) is 0 Å². The first kappa shape index (κ1) is 11.7. The van der Waals surface area contributed by atoms with Gasteiger partial charge in [0.25, 0.3) is 5.88 Å².